The van der Waals surface area contributed by atoms with Crippen LogP contribution in [0.4, 0.5) is 0 Å². The van der Waals surface area contributed by atoms with E-state index in [2.05, 4.69) is 0 Å². The zero-order chi connectivity index (χ0) is 33.4. The molecule has 0 saturated carbocycles. The summed E-state index contributed by atoms with van der Waals surface area (Å²) < 4.78 is 31.4. The molecule has 250 valence electrons. The van der Waals surface area contributed by atoms with Crippen LogP contribution in [-0.4, -0.2) is 46.5 Å². The number of aliphatic hydroxyl groups is 2. The van der Waals surface area contributed by atoms with Gasteiger partial charge in [-0.2, -0.15) is 0 Å². The van der Waals surface area contributed by atoms with E-state index in [0.29, 0.717) is 5.56 Å². The highest BCUT2D eigenvalue weighted by atomic mass is 16.7. The second-order valence-corrected chi connectivity index (χ2v) is 11.3. The number of ether oxygens (including phenoxy) is 5. The van der Waals surface area contributed by atoms with Gasteiger partial charge in [0, 0.05) is 5.56 Å². The van der Waals surface area contributed by atoms with Gasteiger partial charge in [-0.15, -0.1) is 0 Å². The number of aliphatic hydroxyl groups excluding tert-OH is 2. The molecule has 0 aromatic heterocycles. The van der Waals surface area contributed by atoms with E-state index in [-0.39, 0.29) is 38.8 Å². The normalized spacial score (nSPS) is 14.5. The van der Waals surface area contributed by atoms with E-state index in [4.69, 9.17) is 23.7 Å². The first-order chi connectivity index (χ1) is 23.5. The number of phenolic OH excluding ortho intramolecular Hbond substituents is 1. The van der Waals surface area contributed by atoms with E-state index in [0.717, 1.165) is 22.3 Å². The molecule has 0 fully saturated rings. The molecule has 0 radical (unpaired) electrons. The molecule has 0 spiro atoms. The van der Waals surface area contributed by atoms with Crippen LogP contribution in [0, 0.1) is 0 Å². The van der Waals surface area contributed by atoms with Crippen LogP contribution in [0.3, 0.4) is 0 Å². The van der Waals surface area contributed by atoms with Crippen LogP contribution in [0.15, 0.2) is 146 Å². The minimum atomic E-state index is -1.44. The lowest BCUT2D eigenvalue weighted by molar-refractivity contribution is -0.264. The van der Waals surface area contributed by atoms with Crippen LogP contribution in [0.2, 0.25) is 0 Å². The molecule has 5 aromatic carbocycles. The Morgan fingerprint density at radius 3 is 1.35 bits per heavy atom. The molecule has 5 atom stereocenters. The topological polar surface area (TPSA) is 107 Å². The van der Waals surface area contributed by atoms with E-state index in [1.165, 1.54) is 12.1 Å². The molecular weight excluding hydrogens is 608 g/mol. The summed E-state index contributed by atoms with van der Waals surface area (Å²) in [5.41, 5.74) is 4.04. The van der Waals surface area contributed by atoms with Crippen molar-refractivity contribution in [3.05, 3.63) is 173 Å². The number of phenols is 1. The van der Waals surface area contributed by atoms with Crippen molar-refractivity contribution in [3.8, 4) is 5.75 Å². The van der Waals surface area contributed by atoms with Crippen molar-refractivity contribution in [1.29, 1.82) is 0 Å². The van der Waals surface area contributed by atoms with Gasteiger partial charge < -0.3 is 39.0 Å². The zero-order valence-corrected chi connectivity index (χ0v) is 26.7. The lowest BCUT2D eigenvalue weighted by Gasteiger charge is -2.36. The van der Waals surface area contributed by atoms with Crippen molar-refractivity contribution in [1.82, 2.24) is 0 Å². The SMILES string of the molecule is Oc1ccc(C(O)O[C@H](COCc2ccccc2)[C@@H](OCc2ccccc2)[C@H](OCc2ccccc2)C(O)OCc2ccccc2)cc1. The third-order valence-electron chi connectivity index (χ3n) is 7.68. The fraction of sp³-hybridized carbons (Fsp3) is 0.250. The van der Waals surface area contributed by atoms with Gasteiger partial charge in [0.1, 0.15) is 24.1 Å². The summed E-state index contributed by atoms with van der Waals surface area (Å²) in [4.78, 5) is 0. The van der Waals surface area contributed by atoms with E-state index < -0.39 is 30.9 Å². The number of hydrogen-bond acceptors (Lipinski definition) is 8. The van der Waals surface area contributed by atoms with Gasteiger partial charge in [0.25, 0.3) is 0 Å². The Hall–Kier alpha value is -4.38. The average Bonchev–Trinajstić information content (AvgIpc) is 3.13. The summed E-state index contributed by atoms with van der Waals surface area (Å²) >= 11 is 0. The predicted molar refractivity (Wildman–Crippen MR) is 181 cm³/mol. The Bertz CT molecular complexity index is 1570. The van der Waals surface area contributed by atoms with Gasteiger partial charge in [-0.3, -0.25) is 0 Å². The second kappa shape index (κ2) is 18.8. The summed E-state index contributed by atoms with van der Waals surface area (Å²) in [6, 6.07) is 44.6. The molecule has 3 N–H and O–H groups in total. The van der Waals surface area contributed by atoms with Crippen LogP contribution < -0.4 is 0 Å². The van der Waals surface area contributed by atoms with E-state index in [1.54, 1.807) is 12.1 Å². The predicted octanol–water partition coefficient (Wildman–Crippen LogP) is 6.69. The Kier molecular flexibility index (Phi) is 13.7. The molecule has 0 amide bonds. The van der Waals surface area contributed by atoms with Crippen LogP contribution in [0.25, 0.3) is 0 Å². The Labute approximate surface area is 281 Å². The quantitative estimate of drug-likeness (QED) is 0.0849. The second-order valence-electron chi connectivity index (χ2n) is 11.3. The van der Waals surface area contributed by atoms with E-state index in [9.17, 15) is 15.3 Å². The highest BCUT2D eigenvalue weighted by Gasteiger charge is 2.39. The molecule has 0 bridgehead atoms. The minimum Gasteiger partial charge on any atom is -0.508 e. The maximum absolute atomic E-state index is 11.6. The molecule has 8 heteroatoms. The number of hydrogen-bond donors (Lipinski definition) is 3. The van der Waals surface area contributed by atoms with Gasteiger partial charge in [-0.1, -0.05) is 133 Å². The minimum absolute atomic E-state index is 0.0138. The van der Waals surface area contributed by atoms with Gasteiger partial charge in [0.05, 0.1) is 33.0 Å². The van der Waals surface area contributed by atoms with Gasteiger partial charge in [0.15, 0.2) is 12.6 Å². The maximum atomic E-state index is 11.6. The fourth-order valence-electron chi connectivity index (χ4n) is 5.10. The number of aromatic hydroxyl groups is 1. The summed E-state index contributed by atoms with van der Waals surface area (Å²) in [6.07, 6.45) is -5.86. The van der Waals surface area contributed by atoms with Crippen LogP contribution >= 0.6 is 0 Å². The van der Waals surface area contributed by atoms with Crippen molar-refractivity contribution < 1.29 is 39.0 Å². The number of benzene rings is 5. The monoisotopic (exact) mass is 650 g/mol. The molecule has 2 unspecified atom stereocenters. The molecule has 5 rings (SSSR count). The zero-order valence-electron chi connectivity index (χ0n) is 26.7. The lowest BCUT2D eigenvalue weighted by atomic mass is 10.1. The Balaban J connectivity index is 1.45. The van der Waals surface area contributed by atoms with E-state index >= 15 is 0 Å². The molecular formula is C40H42O8. The Morgan fingerprint density at radius 1 is 0.458 bits per heavy atom. The van der Waals surface area contributed by atoms with Gasteiger partial charge in [0.2, 0.25) is 0 Å². The first-order valence-electron chi connectivity index (χ1n) is 15.9. The summed E-state index contributed by atoms with van der Waals surface area (Å²) in [5.74, 6) is 0.0610. The molecule has 0 heterocycles. The Morgan fingerprint density at radius 2 is 0.875 bits per heavy atom. The molecule has 0 saturated heterocycles. The average molecular weight is 651 g/mol. The van der Waals surface area contributed by atoms with Crippen molar-refractivity contribution >= 4 is 0 Å². The first-order valence-corrected chi connectivity index (χ1v) is 15.9. The van der Waals surface area contributed by atoms with Crippen LogP contribution in [-0.2, 0) is 50.1 Å². The van der Waals surface area contributed by atoms with Crippen molar-refractivity contribution in [2.24, 2.45) is 0 Å². The summed E-state index contributed by atoms with van der Waals surface area (Å²) in [7, 11) is 0. The van der Waals surface area contributed by atoms with Crippen LogP contribution in [0.5, 0.6) is 5.75 Å². The molecule has 0 aliphatic rings. The molecule has 0 aliphatic carbocycles. The van der Waals surface area contributed by atoms with Gasteiger partial charge in [-0.25, -0.2) is 0 Å². The number of rotatable bonds is 19. The van der Waals surface area contributed by atoms with Crippen LogP contribution in [0.1, 0.15) is 34.1 Å². The van der Waals surface area contributed by atoms with Crippen molar-refractivity contribution in [2.75, 3.05) is 6.61 Å². The summed E-state index contributed by atoms with van der Waals surface area (Å²) in [5, 5.41) is 32.7. The van der Waals surface area contributed by atoms with Crippen molar-refractivity contribution in [2.45, 2.75) is 57.3 Å². The smallest absolute Gasteiger partial charge is 0.184 e. The third kappa shape index (κ3) is 11.1. The maximum Gasteiger partial charge on any atom is 0.184 e. The largest absolute Gasteiger partial charge is 0.508 e. The molecule has 0 aliphatic heterocycles. The summed E-state index contributed by atoms with van der Waals surface area (Å²) in [6.45, 7) is 0.714. The highest BCUT2D eigenvalue weighted by molar-refractivity contribution is 5.26. The fourth-order valence-corrected chi connectivity index (χ4v) is 5.10. The highest BCUT2D eigenvalue weighted by Crippen LogP contribution is 2.26. The standard InChI is InChI=1S/C40H42O8/c41-35-23-21-34(22-24-35)39(42)48-36(29-44-25-30-13-5-1-6-14-30)37(45-26-31-15-7-2-8-16-31)38(46-27-32-17-9-3-10-18-32)40(43)47-28-33-19-11-4-12-20-33/h1-24,36-43H,25-29H2/t36-,37-,38+,39?,40?/m1/s1. The molecule has 8 nitrogen and oxygen atoms in total. The van der Waals surface area contributed by atoms with Crippen molar-refractivity contribution in [3.63, 3.8) is 0 Å². The first kappa shape index (κ1) is 34.9. The van der Waals surface area contributed by atoms with E-state index in [1.807, 2.05) is 121 Å². The van der Waals surface area contributed by atoms with Gasteiger partial charge in [-0.05, 0) is 34.4 Å². The molecule has 5 aromatic rings. The van der Waals surface area contributed by atoms with Gasteiger partial charge >= 0.3 is 0 Å². The lowest BCUT2D eigenvalue weighted by Crippen LogP contribution is -2.51. The molecule has 48 heavy (non-hydrogen) atoms. The third-order valence-corrected chi connectivity index (χ3v) is 7.68.